The summed E-state index contributed by atoms with van der Waals surface area (Å²) in [6.07, 6.45) is -1.88. The molecule has 1 saturated heterocycles. The van der Waals surface area contributed by atoms with Gasteiger partial charge in [0.15, 0.2) is 5.69 Å². The number of alkyl halides is 3. The van der Waals surface area contributed by atoms with E-state index in [1.807, 2.05) is 4.90 Å². The standard InChI is InChI=1S/C26H26F3N7O7S/c1-2-31-25(42)35-20-17(24(40)41)16(15(12-33-20)13-9-14(23(38)39)11-30-10-13)22-34-19(26(27,28)29)18(44-22)21(37)32-3-4-36-5-7-43-8-6-36/h9-12H,2-8H2,1H3,(H,32,37)(H,38,39)(H,40,41)(H2,31,33,35,42). The quantitative estimate of drug-likeness (QED) is 0.219. The molecule has 3 aromatic rings. The van der Waals surface area contributed by atoms with Gasteiger partial charge in [0.25, 0.3) is 5.91 Å². The van der Waals surface area contributed by atoms with Crippen molar-refractivity contribution < 1.29 is 47.3 Å². The van der Waals surface area contributed by atoms with Gasteiger partial charge in [0, 0.05) is 68.0 Å². The summed E-state index contributed by atoms with van der Waals surface area (Å²) >= 11 is 0.289. The number of nitrogens with zero attached hydrogens (tertiary/aromatic N) is 4. The molecule has 0 unspecified atom stereocenters. The molecule has 0 bridgehead atoms. The number of hydrogen-bond acceptors (Lipinski definition) is 10. The van der Waals surface area contributed by atoms with Crippen molar-refractivity contribution in [2.24, 2.45) is 0 Å². The summed E-state index contributed by atoms with van der Waals surface area (Å²) in [6, 6.07) is 0.279. The second-order valence-corrected chi connectivity index (χ2v) is 10.2. The van der Waals surface area contributed by atoms with Crippen LogP contribution in [0.5, 0.6) is 0 Å². The molecule has 44 heavy (non-hydrogen) atoms. The van der Waals surface area contributed by atoms with Crippen LogP contribution in [0.2, 0.25) is 0 Å². The van der Waals surface area contributed by atoms with Crippen LogP contribution in [-0.2, 0) is 10.9 Å². The van der Waals surface area contributed by atoms with Gasteiger partial charge in [0.2, 0.25) is 0 Å². The number of rotatable bonds is 10. The first-order chi connectivity index (χ1) is 20.9. The summed E-state index contributed by atoms with van der Waals surface area (Å²) in [7, 11) is 0. The molecule has 0 aromatic carbocycles. The van der Waals surface area contributed by atoms with Crippen LogP contribution < -0.4 is 16.0 Å². The maximum absolute atomic E-state index is 14.2. The molecule has 0 radical (unpaired) electrons. The van der Waals surface area contributed by atoms with Gasteiger partial charge in [0.05, 0.1) is 18.8 Å². The highest BCUT2D eigenvalue weighted by Crippen LogP contribution is 2.43. The molecule has 14 nitrogen and oxygen atoms in total. The predicted molar refractivity (Wildman–Crippen MR) is 150 cm³/mol. The number of carbonyl (C=O) groups excluding carboxylic acids is 2. The van der Waals surface area contributed by atoms with E-state index in [0.29, 0.717) is 32.8 Å². The van der Waals surface area contributed by atoms with E-state index >= 15 is 0 Å². The highest BCUT2D eigenvalue weighted by Gasteiger charge is 2.41. The normalized spacial score (nSPS) is 13.7. The minimum Gasteiger partial charge on any atom is -0.478 e. The number of anilines is 1. The van der Waals surface area contributed by atoms with Gasteiger partial charge >= 0.3 is 24.1 Å². The van der Waals surface area contributed by atoms with Gasteiger partial charge < -0.3 is 25.6 Å². The number of nitrogens with one attached hydrogen (secondary N) is 3. The molecule has 4 heterocycles. The zero-order chi connectivity index (χ0) is 32.0. The predicted octanol–water partition coefficient (Wildman–Crippen LogP) is 2.89. The molecule has 0 saturated carbocycles. The van der Waals surface area contributed by atoms with E-state index in [4.69, 9.17) is 4.74 Å². The van der Waals surface area contributed by atoms with Crippen LogP contribution in [0.25, 0.3) is 21.7 Å². The van der Waals surface area contributed by atoms with Crippen molar-refractivity contribution in [3.63, 3.8) is 0 Å². The maximum atomic E-state index is 14.2. The Bertz CT molecular complexity index is 1580. The zero-order valence-corrected chi connectivity index (χ0v) is 23.8. The number of aromatic nitrogens is 3. The lowest BCUT2D eigenvalue weighted by molar-refractivity contribution is -0.141. The summed E-state index contributed by atoms with van der Waals surface area (Å²) in [5.74, 6) is -4.66. The van der Waals surface area contributed by atoms with E-state index in [1.165, 1.54) is 0 Å². The molecule has 1 aliphatic heterocycles. The Morgan fingerprint density at radius 3 is 2.43 bits per heavy atom. The van der Waals surface area contributed by atoms with Crippen LogP contribution in [-0.4, -0.2) is 99.9 Å². The first kappa shape index (κ1) is 32.2. The van der Waals surface area contributed by atoms with E-state index in [1.54, 1.807) is 6.92 Å². The zero-order valence-electron chi connectivity index (χ0n) is 23.0. The van der Waals surface area contributed by atoms with Crippen LogP contribution in [0.1, 0.15) is 43.0 Å². The number of carboxylic acids is 2. The van der Waals surface area contributed by atoms with Crippen molar-refractivity contribution in [3.8, 4) is 21.7 Å². The number of aromatic carboxylic acids is 2. The number of ether oxygens (including phenoxy) is 1. The Hall–Kier alpha value is -4.68. The number of carboxylic acid groups (broad SMARTS) is 2. The number of carbonyl (C=O) groups is 4. The molecule has 234 valence electrons. The molecule has 3 aromatic heterocycles. The van der Waals surface area contributed by atoms with Crippen molar-refractivity contribution in [3.05, 3.63) is 46.4 Å². The molecule has 0 aliphatic carbocycles. The number of morpholine rings is 1. The Morgan fingerprint density at radius 2 is 1.80 bits per heavy atom. The van der Waals surface area contributed by atoms with Gasteiger partial charge in [-0.3, -0.25) is 20.0 Å². The molecule has 4 rings (SSSR count). The average molecular weight is 638 g/mol. The van der Waals surface area contributed by atoms with E-state index in [9.17, 15) is 42.6 Å². The number of amides is 3. The van der Waals surface area contributed by atoms with Gasteiger partial charge in [-0.1, -0.05) is 0 Å². The van der Waals surface area contributed by atoms with Gasteiger partial charge in [-0.25, -0.2) is 24.4 Å². The lowest BCUT2D eigenvalue weighted by Crippen LogP contribution is -2.41. The molecule has 1 aliphatic rings. The van der Waals surface area contributed by atoms with Gasteiger partial charge in [0.1, 0.15) is 21.3 Å². The summed E-state index contributed by atoms with van der Waals surface area (Å²) in [4.78, 5) is 62.1. The third kappa shape index (κ3) is 7.44. The highest BCUT2D eigenvalue weighted by atomic mass is 32.1. The summed E-state index contributed by atoms with van der Waals surface area (Å²) in [5.41, 5.74) is -3.19. The molecular weight excluding hydrogens is 611 g/mol. The smallest absolute Gasteiger partial charge is 0.435 e. The lowest BCUT2D eigenvalue weighted by atomic mass is 9.97. The Kier molecular flexibility index (Phi) is 10.1. The summed E-state index contributed by atoms with van der Waals surface area (Å²) in [6.45, 7) is 4.34. The fourth-order valence-corrected chi connectivity index (χ4v) is 5.34. The van der Waals surface area contributed by atoms with Gasteiger partial charge in [-0.15, -0.1) is 11.3 Å². The van der Waals surface area contributed by atoms with Crippen LogP contribution in [0.15, 0.2) is 24.7 Å². The number of hydrogen-bond donors (Lipinski definition) is 5. The lowest BCUT2D eigenvalue weighted by Gasteiger charge is -2.26. The van der Waals surface area contributed by atoms with Crippen molar-refractivity contribution in [1.29, 1.82) is 0 Å². The van der Waals surface area contributed by atoms with Crippen molar-refractivity contribution >= 4 is 41.0 Å². The first-order valence-electron chi connectivity index (χ1n) is 13.1. The van der Waals surface area contributed by atoms with Crippen LogP contribution >= 0.6 is 11.3 Å². The van der Waals surface area contributed by atoms with Crippen molar-refractivity contribution in [2.75, 3.05) is 51.3 Å². The molecule has 3 amide bonds. The number of halogens is 3. The SMILES string of the molecule is CCNC(=O)Nc1ncc(-c2cncc(C(=O)O)c2)c(-c2nc(C(F)(F)F)c(C(=O)NCCN3CCOCC3)s2)c1C(=O)O. The third-order valence-electron chi connectivity index (χ3n) is 6.29. The Labute approximate surface area is 251 Å². The molecule has 5 N–H and O–H groups in total. The highest BCUT2D eigenvalue weighted by molar-refractivity contribution is 7.17. The van der Waals surface area contributed by atoms with Gasteiger partial charge in [-0.05, 0) is 13.0 Å². The Balaban J connectivity index is 1.86. The largest absolute Gasteiger partial charge is 0.478 e. The first-order valence-corrected chi connectivity index (χ1v) is 13.9. The number of pyridine rings is 2. The summed E-state index contributed by atoms with van der Waals surface area (Å²) < 4.78 is 47.8. The van der Waals surface area contributed by atoms with E-state index in [2.05, 4.69) is 30.9 Å². The molecule has 18 heteroatoms. The second kappa shape index (κ2) is 13.7. The monoisotopic (exact) mass is 637 g/mol. The topological polar surface area (TPSA) is 196 Å². The van der Waals surface area contributed by atoms with Crippen LogP contribution in [0, 0.1) is 0 Å². The minimum atomic E-state index is -5.10. The third-order valence-corrected chi connectivity index (χ3v) is 7.36. The van der Waals surface area contributed by atoms with Crippen molar-refractivity contribution in [2.45, 2.75) is 13.1 Å². The van der Waals surface area contributed by atoms with Crippen LogP contribution in [0.4, 0.5) is 23.8 Å². The number of urea groups is 1. The van der Waals surface area contributed by atoms with Crippen molar-refractivity contribution in [1.82, 2.24) is 30.5 Å². The average Bonchev–Trinajstić information content (AvgIpc) is 3.44. The van der Waals surface area contributed by atoms with E-state index in [-0.39, 0.29) is 41.1 Å². The second-order valence-electron chi connectivity index (χ2n) is 9.23. The fourth-order valence-electron chi connectivity index (χ4n) is 4.28. The summed E-state index contributed by atoms with van der Waals surface area (Å²) in [5, 5.41) is 26.2. The molecular formula is C26H26F3N7O7S. The van der Waals surface area contributed by atoms with E-state index < -0.39 is 62.6 Å². The molecule has 0 spiro atoms. The van der Waals surface area contributed by atoms with Gasteiger partial charge in [-0.2, -0.15) is 13.2 Å². The van der Waals surface area contributed by atoms with Crippen LogP contribution in [0.3, 0.4) is 0 Å². The molecule has 1 fully saturated rings. The fraction of sp³-hybridized carbons (Fsp3) is 0.346. The number of thiazole rings is 1. The Morgan fingerprint density at radius 1 is 1.07 bits per heavy atom. The maximum Gasteiger partial charge on any atom is 0.435 e. The van der Waals surface area contributed by atoms with E-state index in [0.717, 1.165) is 24.7 Å². The molecule has 0 atom stereocenters. The minimum absolute atomic E-state index is 0.0141.